The number of nitrogens with two attached hydrogens (primary N) is 1. The lowest BCUT2D eigenvalue weighted by Crippen LogP contribution is -2.43. The van der Waals surface area contributed by atoms with Gasteiger partial charge in [-0.05, 0) is 12.8 Å². The van der Waals surface area contributed by atoms with Crippen molar-refractivity contribution >= 4 is 10.2 Å². The molecule has 2 fully saturated rings. The van der Waals surface area contributed by atoms with Crippen LogP contribution in [0.2, 0.25) is 0 Å². The number of aryl methyl sites for hydroxylation is 1. The fraction of sp³-hybridized carbons (Fsp3) is 0.643. The Kier molecular flexibility index (Phi) is 4.13. The van der Waals surface area contributed by atoms with Crippen LogP contribution >= 0.6 is 0 Å². The van der Waals surface area contributed by atoms with Gasteiger partial charge in [-0.2, -0.15) is 36.0 Å². The number of aromatic nitrogens is 4. The molecule has 4 rings (SSSR count). The molecule has 3 heterocycles. The van der Waals surface area contributed by atoms with Crippen molar-refractivity contribution in [1.82, 2.24) is 24.2 Å². The Hall–Kier alpha value is -2.13. The van der Waals surface area contributed by atoms with E-state index in [0.717, 1.165) is 8.99 Å². The van der Waals surface area contributed by atoms with Gasteiger partial charge in [-0.1, -0.05) is 5.16 Å². The third-order valence-electron chi connectivity index (χ3n) is 5.56. The minimum Gasteiger partial charge on any atom is -0.332 e. The Morgan fingerprint density at radius 2 is 1.90 bits per heavy atom. The van der Waals surface area contributed by atoms with Crippen LogP contribution in [0.4, 0.5) is 22.0 Å². The summed E-state index contributed by atoms with van der Waals surface area (Å²) in [6.45, 7) is -0.349. The second kappa shape index (κ2) is 5.95. The summed E-state index contributed by atoms with van der Waals surface area (Å²) in [5.41, 5.74) is -2.89. The van der Waals surface area contributed by atoms with E-state index < -0.39 is 39.3 Å². The Morgan fingerprint density at radius 1 is 1.28 bits per heavy atom. The van der Waals surface area contributed by atoms with Crippen molar-refractivity contribution in [2.24, 2.45) is 17.6 Å². The number of halogens is 5. The van der Waals surface area contributed by atoms with Gasteiger partial charge in [0.2, 0.25) is 0 Å². The second-order valence-corrected chi connectivity index (χ2v) is 8.70. The van der Waals surface area contributed by atoms with Crippen LogP contribution in [0.15, 0.2) is 10.6 Å². The summed E-state index contributed by atoms with van der Waals surface area (Å²) >= 11 is 0. The quantitative estimate of drug-likeness (QED) is 0.720. The molecule has 2 aromatic rings. The van der Waals surface area contributed by atoms with Gasteiger partial charge in [0.05, 0.1) is 11.3 Å². The number of rotatable bonds is 3. The fourth-order valence-corrected chi connectivity index (χ4v) is 4.63. The zero-order chi connectivity index (χ0) is 21.4. The molecule has 160 valence electrons. The molecule has 0 amide bonds. The van der Waals surface area contributed by atoms with E-state index in [1.165, 1.54) is 7.05 Å². The van der Waals surface area contributed by atoms with Crippen molar-refractivity contribution in [2.45, 2.75) is 30.9 Å². The van der Waals surface area contributed by atoms with Crippen LogP contribution in [0.1, 0.15) is 30.3 Å². The summed E-state index contributed by atoms with van der Waals surface area (Å²) in [5.74, 6) is -5.35. The summed E-state index contributed by atoms with van der Waals surface area (Å²) in [6, 6.07) is 0.683. The predicted octanol–water partition coefficient (Wildman–Crippen LogP) is 1.51. The van der Waals surface area contributed by atoms with Crippen LogP contribution in [0.5, 0.6) is 0 Å². The van der Waals surface area contributed by atoms with E-state index in [9.17, 15) is 30.4 Å². The van der Waals surface area contributed by atoms with Gasteiger partial charge in [0.1, 0.15) is 5.69 Å². The predicted molar refractivity (Wildman–Crippen MR) is 85.5 cm³/mol. The minimum atomic E-state index is -4.69. The molecule has 2 N–H and O–H groups in total. The lowest BCUT2D eigenvalue weighted by molar-refractivity contribution is -0.141. The molecule has 1 spiro atoms. The molecular formula is C14H15F5N6O3S. The molecule has 1 saturated heterocycles. The molecular weight excluding hydrogens is 427 g/mol. The van der Waals surface area contributed by atoms with Gasteiger partial charge in [0, 0.05) is 26.2 Å². The Balaban J connectivity index is 1.59. The number of alkyl halides is 5. The number of nitrogens with zero attached hydrogens (tertiary/aromatic N) is 5. The van der Waals surface area contributed by atoms with Gasteiger partial charge in [-0.3, -0.25) is 4.68 Å². The van der Waals surface area contributed by atoms with Gasteiger partial charge in [-0.15, -0.1) is 0 Å². The molecule has 0 aromatic carbocycles. The van der Waals surface area contributed by atoms with E-state index >= 15 is 0 Å². The average molecular weight is 442 g/mol. The summed E-state index contributed by atoms with van der Waals surface area (Å²) in [6.07, 6.45) is -5.01. The first-order valence-corrected chi connectivity index (χ1v) is 9.88. The van der Waals surface area contributed by atoms with Crippen LogP contribution < -0.4 is 5.14 Å². The van der Waals surface area contributed by atoms with Crippen molar-refractivity contribution in [3.05, 3.63) is 17.6 Å². The zero-order valence-corrected chi connectivity index (χ0v) is 15.6. The van der Waals surface area contributed by atoms with Crippen molar-refractivity contribution in [1.29, 1.82) is 0 Å². The number of hydrogen-bond donors (Lipinski definition) is 1. The van der Waals surface area contributed by atoms with Crippen molar-refractivity contribution in [3.8, 4) is 11.6 Å². The lowest BCUT2D eigenvalue weighted by Gasteiger charge is -2.30. The normalized spacial score (nSPS) is 24.2. The summed E-state index contributed by atoms with van der Waals surface area (Å²) in [7, 11) is -2.75. The summed E-state index contributed by atoms with van der Waals surface area (Å²) in [4.78, 5) is 3.87. The monoisotopic (exact) mass is 442 g/mol. The third-order valence-corrected chi connectivity index (χ3v) is 6.64. The number of hydrogen-bond acceptors (Lipinski definition) is 6. The standard InChI is InChI=1S/C14H15F5N6O3S/c1-24-7(6-8(22-24)14(17,18)19)11-21-10(23-28-11)9-12(13(9,15)16)2-4-25(5-3-12)29(20,26)27/h6,9H,2-5H2,1H3,(H2,20,26,27)/t9-/m0/s1. The molecule has 9 nitrogen and oxygen atoms in total. The Bertz CT molecular complexity index is 1050. The topological polar surface area (TPSA) is 120 Å². The SMILES string of the molecule is Cn1nc(C(F)(F)F)cc1-c1nc([C@@H]2C(F)(F)C23CCN(S(N)(=O)=O)CC3)no1. The van der Waals surface area contributed by atoms with E-state index in [0.29, 0.717) is 6.07 Å². The van der Waals surface area contributed by atoms with Crippen LogP contribution in [0.25, 0.3) is 11.6 Å². The first-order chi connectivity index (χ1) is 13.3. The maximum atomic E-state index is 14.6. The summed E-state index contributed by atoms with van der Waals surface area (Å²) < 4.78 is 97.1. The van der Waals surface area contributed by atoms with E-state index in [2.05, 4.69) is 15.2 Å². The molecule has 1 saturated carbocycles. The van der Waals surface area contributed by atoms with Gasteiger partial charge in [0.25, 0.3) is 22.0 Å². The van der Waals surface area contributed by atoms with Crippen LogP contribution in [0.3, 0.4) is 0 Å². The van der Waals surface area contributed by atoms with Gasteiger partial charge >= 0.3 is 6.18 Å². The van der Waals surface area contributed by atoms with Crippen LogP contribution in [0, 0.1) is 5.41 Å². The molecule has 0 unspecified atom stereocenters. The zero-order valence-electron chi connectivity index (χ0n) is 14.8. The smallest absolute Gasteiger partial charge is 0.332 e. The van der Waals surface area contributed by atoms with Crippen molar-refractivity contribution in [3.63, 3.8) is 0 Å². The minimum absolute atomic E-state index is 0.158. The van der Waals surface area contributed by atoms with Gasteiger partial charge < -0.3 is 4.52 Å². The van der Waals surface area contributed by atoms with E-state index in [1.807, 2.05) is 0 Å². The maximum Gasteiger partial charge on any atom is 0.435 e. The highest BCUT2D eigenvalue weighted by Gasteiger charge is 2.82. The molecule has 0 radical (unpaired) electrons. The first-order valence-electron chi connectivity index (χ1n) is 8.38. The lowest BCUT2D eigenvalue weighted by atomic mass is 9.91. The maximum absolute atomic E-state index is 14.6. The molecule has 2 aliphatic rings. The molecule has 15 heteroatoms. The van der Waals surface area contributed by atoms with E-state index in [1.54, 1.807) is 0 Å². The van der Waals surface area contributed by atoms with E-state index in [4.69, 9.17) is 9.66 Å². The molecule has 1 atom stereocenters. The molecule has 1 aliphatic carbocycles. The molecule has 2 aromatic heterocycles. The second-order valence-electron chi connectivity index (χ2n) is 7.15. The number of piperidine rings is 1. The Morgan fingerprint density at radius 3 is 2.41 bits per heavy atom. The highest BCUT2D eigenvalue weighted by Crippen LogP contribution is 2.75. The van der Waals surface area contributed by atoms with E-state index in [-0.39, 0.29) is 43.3 Å². The molecule has 29 heavy (non-hydrogen) atoms. The molecule has 0 bridgehead atoms. The van der Waals surface area contributed by atoms with Crippen LogP contribution in [-0.4, -0.2) is 51.7 Å². The summed E-state index contributed by atoms with van der Waals surface area (Å²) in [5, 5.41) is 11.9. The van der Waals surface area contributed by atoms with Gasteiger partial charge in [-0.25, -0.2) is 13.9 Å². The van der Waals surface area contributed by atoms with Gasteiger partial charge in [0.15, 0.2) is 11.5 Å². The highest BCUT2D eigenvalue weighted by atomic mass is 32.2. The third kappa shape index (κ3) is 3.02. The fourth-order valence-electron chi connectivity index (χ4n) is 3.94. The Labute approximate surface area is 160 Å². The average Bonchev–Trinajstić information content (AvgIpc) is 3.00. The van der Waals surface area contributed by atoms with Crippen molar-refractivity contribution in [2.75, 3.05) is 13.1 Å². The largest absolute Gasteiger partial charge is 0.435 e. The van der Waals surface area contributed by atoms with Crippen LogP contribution in [-0.2, 0) is 23.4 Å². The molecule has 1 aliphatic heterocycles. The first kappa shape index (κ1) is 20.2. The highest BCUT2D eigenvalue weighted by molar-refractivity contribution is 7.86. The van der Waals surface area contributed by atoms with Crippen molar-refractivity contribution < 1.29 is 34.9 Å².